The van der Waals surface area contributed by atoms with E-state index < -0.39 is 0 Å². The molecule has 0 bridgehead atoms. The smallest absolute Gasteiger partial charge is 0.237 e. The molecular formula is C27H30ClN7OS. The number of hydrogen-bond acceptors (Lipinski definition) is 8. The first-order chi connectivity index (χ1) is 17.9. The summed E-state index contributed by atoms with van der Waals surface area (Å²) in [5.41, 5.74) is 5.07. The molecule has 4 aromatic rings. The number of aryl methyl sites for hydroxylation is 3. The van der Waals surface area contributed by atoms with Gasteiger partial charge in [-0.05, 0) is 56.1 Å². The summed E-state index contributed by atoms with van der Waals surface area (Å²) < 4.78 is 11.3. The summed E-state index contributed by atoms with van der Waals surface area (Å²) in [6.07, 6.45) is 3.71. The molecule has 2 aromatic carbocycles. The highest BCUT2D eigenvalue weighted by atomic mass is 35.5. The minimum Gasteiger partial charge on any atom is -0.437 e. The summed E-state index contributed by atoms with van der Waals surface area (Å²) in [6, 6.07) is 14.0. The van der Waals surface area contributed by atoms with Crippen molar-refractivity contribution in [1.82, 2.24) is 24.6 Å². The summed E-state index contributed by atoms with van der Waals surface area (Å²) in [7, 11) is 4.02. The largest absolute Gasteiger partial charge is 0.437 e. The van der Waals surface area contributed by atoms with Crippen molar-refractivity contribution in [2.24, 2.45) is 7.05 Å². The summed E-state index contributed by atoms with van der Waals surface area (Å²) in [4.78, 5) is 15.0. The van der Waals surface area contributed by atoms with Gasteiger partial charge in [0.1, 0.15) is 10.8 Å². The molecule has 10 heteroatoms. The second-order valence-corrected chi connectivity index (χ2v) is 10.5. The molecule has 0 unspecified atom stereocenters. The number of benzene rings is 2. The molecule has 2 aromatic heterocycles. The van der Waals surface area contributed by atoms with Crippen LogP contribution in [0.4, 0.5) is 11.6 Å². The molecule has 0 saturated carbocycles. The lowest BCUT2D eigenvalue weighted by atomic mass is 10.00. The summed E-state index contributed by atoms with van der Waals surface area (Å²) in [6.45, 7) is 8.00. The van der Waals surface area contributed by atoms with Crippen LogP contribution in [0.1, 0.15) is 11.1 Å². The van der Waals surface area contributed by atoms with Crippen LogP contribution in [0.25, 0.3) is 11.3 Å². The molecule has 0 aliphatic carbocycles. The molecule has 1 aliphatic heterocycles. The van der Waals surface area contributed by atoms with Crippen LogP contribution < -0.4 is 14.4 Å². The Bertz CT molecular complexity index is 1380. The van der Waals surface area contributed by atoms with Crippen LogP contribution in [-0.4, -0.2) is 57.9 Å². The van der Waals surface area contributed by atoms with E-state index in [9.17, 15) is 0 Å². The number of nitrogens with zero attached hydrogens (tertiary/aromatic N) is 6. The Labute approximate surface area is 226 Å². The van der Waals surface area contributed by atoms with E-state index in [4.69, 9.17) is 21.3 Å². The summed E-state index contributed by atoms with van der Waals surface area (Å²) in [5.74, 6) is 1.42. The number of anilines is 2. The van der Waals surface area contributed by atoms with E-state index in [0.717, 1.165) is 59.1 Å². The molecule has 37 heavy (non-hydrogen) atoms. The van der Waals surface area contributed by atoms with Crippen molar-refractivity contribution < 1.29 is 4.74 Å². The summed E-state index contributed by atoms with van der Waals surface area (Å²) >= 11 is 8.26. The third kappa shape index (κ3) is 5.84. The average molecular weight is 536 g/mol. The van der Waals surface area contributed by atoms with E-state index in [1.54, 1.807) is 10.9 Å². The quantitative estimate of drug-likeness (QED) is 0.297. The number of nitrogens with one attached hydrogen (secondary N) is 1. The number of ether oxygens (including phenoxy) is 1. The van der Waals surface area contributed by atoms with Crippen molar-refractivity contribution in [2.45, 2.75) is 18.7 Å². The van der Waals surface area contributed by atoms with Gasteiger partial charge in [-0.3, -0.25) is 9.40 Å². The molecule has 8 nitrogen and oxygen atoms in total. The number of rotatable bonds is 7. The first-order valence-corrected chi connectivity index (χ1v) is 13.3. The minimum absolute atomic E-state index is 0.416. The molecule has 1 fully saturated rings. The van der Waals surface area contributed by atoms with Crippen LogP contribution in [0.3, 0.4) is 0 Å². The second-order valence-electron chi connectivity index (χ2n) is 9.22. The molecule has 192 valence electrons. The maximum atomic E-state index is 6.87. The van der Waals surface area contributed by atoms with Gasteiger partial charge in [-0.1, -0.05) is 35.9 Å². The molecule has 1 aliphatic rings. The van der Waals surface area contributed by atoms with Crippen LogP contribution in [0, 0.1) is 13.8 Å². The van der Waals surface area contributed by atoms with E-state index in [1.165, 1.54) is 11.9 Å². The lowest BCUT2D eigenvalue weighted by Gasteiger charge is -2.34. The van der Waals surface area contributed by atoms with Crippen molar-refractivity contribution in [1.29, 1.82) is 0 Å². The third-order valence-corrected chi connectivity index (χ3v) is 7.49. The van der Waals surface area contributed by atoms with Crippen molar-refractivity contribution in [3.63, 3.8) is 0 Å². The number of likely N-dealkylation sites (N-methyl/N-ethyl adjacent to an activating group) is 1. The van der Waals surface area contributed by atoms with Gasteiger partial charge < -0.3 is 14.5 Å². The van der Waals surface area contributed by atoms with Gasteiger partial charge in [0.2, 0.25) is 11.8 Å². The fraction of sp³-hybridized carbons (Fsp3) is 0.296. The number of aromatic nitrogens is 4. The average Bonchev–Trinajstić information content (AvgIpc) is 3.30. The highest BCUT2D eigenvalue weighted by Crippen LogP contribution is 2.38. The van der Waals surface area contributed by atoms with Crippen molar-refractivity contribution in [2.75, 3.05) is 42.8 Å². The van der Waals surface area contributed by atoms with E-state index in [0.29, 0.717) is 22.6 Å². The van der Waals surface area contributed by atoms with Crippen molar-refractivity contribution in [3.05, 3.63) is 71.0 Å². The molecular weight excluding hydrogens is 506 g/mol. The molecule has 0 spiro atoms. The van der Waals surface area contributed by atoms with Crippen LogP contribution in [0.2, 0.25) is 5.02 Å². The second kappa shape index (κ2) is 11.0. The lowest BCUT2D eigenvalue weighted by molar-refractivity contribution is 0.313. The molecule has 5 rings (SSSR count). The highest BCUT2D eigenvalue weighted by molar-refractivity contribution is 8.00. The zero-order chi connectivity index (χ0) is 25.9. The van der Waals surface area contributed by atoms with Crippen molar-refractivity contribution >= 4 is 35.2 Å². The third-order valence-electron chi connectivity index (χ3n) is 6.38. The Morgan fingerprint density at radius 2 is 1.70 bits per heavy atom. The molecule has 3 heterocycles. The molecule has 0 amide bonds. The fourth-order valence-electron chi connectivity index (χ4n) is 4.41. The Morgan fingerprint density at radius 3 is 2.41 bits per heavy atom. The first-order valence-electron chi connectivity index (χ1n) is 12.1. The minimum atomic E-state index is 0.416. The number of hydrogen-bond donors (Lipinski definition) is 1. The molecule has 1 saturated heterocycles. The van der Waals surface area contributed by atoms with Gasteiger partial charge in [0.15, 0.2) is 0 Å². The zero-order valence-electron chi connectivity index (χ0n) is 21.4. The van der Waals surface area contributed by atoms with Gasteiger partial charge in [-0.2, -0.15) is 10.1 Å². The Morgan fingerprint density at radius 1 is 0.973 bits per heavy atom. The van der Waals surface area contributed by atoms with Crippen LogP contribution in [-0.2, 0) is 7.05 Å². The van der Waals surface area contributed by atoms with E-state index in [1.807, 2.05) is 43.6 Å². The zero-order valence-corrected chi connectivity index (χ0v) is 23.0. The van der Waals surface area contributed by atoms with Gasteiger partial charge in [-0.25, -0.2) is 4.98 Å². The molecule has 1 N–H and O–H groups in total. The normalized spacial score (nSPS) is 14.1. The lowest BCUT2D eigenvalue weighted by Crippen LogP contribution is -2.44. The SMILES string of the molecule is Cc1cccc(C)c1-c1cc(Oc2cccc(N3CCN(C)CC3)c2Cl)nc(NSc2cnn(C)c2)n1. The van der Waals surface area contributed by atoms with Crippen molar-refractivity contribution in [3.8, 4) is 22.9 Å². The monoisotopic (exact) mass is 535 g/mol. The number of halogens is 1. The Hall–Kier alpha value is -3.27. The van der Waals surface area contributed by atoms with Gasteiger partial charge in [0.25, 0.3) is 0 Å². The highest BCUT2D eigenvalue weighted by Gasteiger charge is 2.20. The maximum absolute atomic E-state index is 6.87. The van der Waals surface area contributed by atoms with Crippen LogP contribution in [0.5, 0.6) is 11.6 Å². The fourth-order valence-corrected chi connectivity index (χ4v) is 5.30. The predicted molar refractivity (Wildman–Crippen MR) is 151 cm³/mol. The van der Waals surface area contributed by atoms with E-state index in [-0.39, 0.29) is 0 Å². The first kappa shape index (κ1) is 25.4. The topological polar surface area (TPSA) is 71.3 Å². The predicted octanol–water partition coefficient (Wildman–Crippen LogP) is 5.81. The standard InChI is InChI=1S/C27H30ClN7OS/c1-18-7-5-8-19(2)25(18)21-15-24(31-27(30-21)32-37-20-16-29-34(4)17-20)36-23-10-6-9-22(26(23)28)35-13-11-33(3)12-14-35/h5-10,15-17H,11-14H2,1-4H3,(H,30,31,32). The van der Waals surface area contributed by atoms with Gasteiger partial charge in [0.05, 0.1) is 22.5 Å². The van der Waals surface area contributed by atoms with E-state index in [2.05, 4.69) is 57.6 Å². The van der Waals surface area contributed by atoms with Crippen LogP contribution in [0.15, 0.2) is 59.8 Å². The molecule has 0 radical (unpaired) electrons. The van der Waals surface area contributed by atoms with Gasteiger partial charge in [-0.15, -0.1) is 0 Å². The maximum Gasteiger partial charge on any atom is 0.237 e. The Kier molecular flexibility index (Phi) is 7.55. The molecule has 0 atom stereocenters. The summed E-state index contributed by atoms with van der Waals surface area (Å²) in [5, 5.41) is 4.80. The van der Waals surface area contributed by atoms with Gasteiger partial charge >= 0.3 is 0 Å². The van der Waals surface area contributed by atoms with Gasteiger partial charge in [0, 0.05) is 51.1 Å². The van der Waals surface area contributed by atoms with E-state index >= 15 is 0 Å². The Balaban J connectivity index is 1.48. The number of piperazine rings is 1. The van der Waals surface area contributed by atoms with Crippen LogP contribution >= 0.6 is 23.5 Å².